The third-order valence-corrected chi connectivity index (χ3v) is 6.16. The third kappa shape index (κ3) is 6.85. The van der Waals surface area contributed by atoms with E-state index in [0.717, 1.165) is 28.1 Å². The number of nitrogens with one attached hydrogen (secondary N) is 1. The molecular weight excluding hydrogens is 468 g/mol. The van der Waals surface area contributed by atoms with E-state index in [9.17, 15) is 9.59 Å². The fourth-order valence-electron chi connectivity index (χ4n) is 4.03. The van der Waals surface area contributed by atoms with Crippen molar-refractivity contribution in [3.63, 3.8) is 0 Å². The Morgan fingerprint density at radius 1 is 0.946 bits per heavy atom. The molecule has 0 aliphatic rings. The van der Waals surface area contributed by atoms with Gasteiger partial charge in [-0.3, -0.25) is 9.59 Å². The van der Waals surface area contributed by atoms with Crippen molar-refractivity contribution in [2.75, 3.05) is 6.61 Å². The first-order valence-electron chi connectivity index (χ1n) is 12.2. The van der Waals surface area contributed by atoms with Crippen LogP contribution in [0.3, 0.4) is 0 Å². The number of oxazole rings is 1. The summed E-state index contributed by atoms with van der Waals surface area (Å²) in [5.74, 6) is 0.661. The standard InChI is InChI=1S/C30H30N2O5/c1-20-8-6-7-11-24(20)19-31-29(35)26-18-25(14-12-22(26)13-15-28(33)34)36-17-16-27-21(2)37-30(32-27)23-9-4-3-5-10-23/h3-12,14,18H,13,15-17,19H2,1-2H3,(H,31,35)(H,33,34). The maximum Gasteiger partial charge on any atom is 0.303 e. The fraction of sp³-hybridized carbons (Fsp3) is 0.233. The van der Waals surface area contributed by atoms with Gasteiger partial charge in [0.1, 0.15) is 11.5 Å². The molecule has 0 saturated carbocycles. The van der Waals surface area contributed by atoms with Crippen LogP contribution in [-0.2, 0) is 24.2 Å². The lowest BCUT2D eigenvalue weighted by Gasteiger charge is -2.13. The Kier molecular flexibility index (Phi) is 8.36. The minimum atomic E-state index is -0.913. The number of rotatable bonds is 11. The second kappa shape index (κ2) is 12.0. The number of hydrogen-bond donors (Lipinski definition) is 2. The summed E-state index contributed by atoms with van der Waals surface area (Å²) in [6, 6.07) is 22.8. The number of amides is 1. The molecule has 0 bridgehead atoms. The molecule has 0 spiro atoms. The lowest BCUT2D eigenvalue weighted by atomic mass is 10.0. The van der Waals surface area contributed by atoms with Crippen molar-refractivity contribution in [1.82, 2.24) is 10.3 Å². The average Bonchev–Trinajstić information content (AvgIpc) is 3.28. The Morgan fingerprint density at radius 3 is 2.46 bits per heavy atom. The number of aryl methyl sites for hydroxylation is 3. The summed E-state index contributed by atoms with van der Waals surface area (Å²) in [6.07, 6.45) is 0.730. The predicted octanol–water partition coefficient (Wildman–Crippen LogP) is 5.53. The molecule has 2 N–H and O–H groups in total. The molecule has 4 aromatic rings. The van der Waals surface area contributed by atoms with Gasteiger partial charge in [-0.15, -0.1) is 0 Å². The van der Waals surface area contributed by atoms with Crippen LogP contribution in [0.4, 0.5) is 0 Å². The summed E-state index contributed by atoms with van der Waals surface area (Å²) in [6.45, 7) is 4.60. The molecule has 0 fully saturated rings. The van der Waals surface area contributed by atoms with Crippen LogP contribution in [0.25, 0.3) is 11.5 Å². The molecule has 1 aromatic heterocycles. The van der Waals surface area contributed by atoms with E-state index in [1.807, 2.05) is 68.4 Å². The van der Waals surface area contributed by atoms with Gasteiger partial charge >= 0.3 is 5.97 Å². The lowest BCUT2D eigenvalue weighted by molar-refractivity contribution is -0.136. The van der Waals surface area contributed by atoms with Crippen molar-refractivity contribution >= 4 is 11.9 Å². The Hall–Kier alpha value is -4.39. The van der Waals surface area contributed by atoms with Crippen molar-refractivity contribution < 1.29 is 23.8 Å². The normalized spacial score (nSPS) is 10.8. The van der Waals surface area contributed by atoms with Gasteiger partial charge in [-0.05, 0) is 61.2 Å². The van der Waals surface area contributed by atoms with E-state index in [4.69, 9.17) is 14.3 Å². The number of carboxylic acids is 1. The second-order valence-electron chi connectivity index (χ2n) is 8.81. The Labute approximate surface area is 216 Å². The SMILES string of the molecule is Cc1ccccc1CNC(=O)c1cc(OCCc2nc(-c3ccccc3)oc2C)ccc1CCC(=O)O. The molecule has 7 nitrogen and oxygen atoms in total. The minimum absolute atomic E-state index is 0.0620. The van der Waals surface area contributed by atoms with E-state index in [0.29, 0.717) is 42.3 Å². The maximum atomic E-state index is 13.1. The summed E-state index contributed by atoms with van der Waals surface area (Å²) in [7, 11) is 0. The van der Waals surface area contributed by atoms with Crippen molar-refractivity contribution in [3.8, 4) is 17.2 Å². The summed E-state index contributed by atoms with van der Waals surface area (Å²) in [5.41, 5.74) is 4.91. The van der Waals surface area contributed by atoms with E-state index < -0.39 is 5.97 Å². The van der Waals surface area contributed by atoms with Gasteiger partial charge in [0.25, 0.3) is 5.91 Å². The second-order valence-corrected chi connectivity index (χ2v) is 8.81. The predicted molar refractivity (Wildman–Crippen MR) is 141 cm³/mol. The molecule has 1 heterocycles. The number of ether oxygens (including phenoxy) is 1. The maximum absolute atomic E-state index is 13.1. The molecule has 0 saturated heterocycles. The highest BCUT2D eigenvalue weighted by Crippen LogP contribution is 2.23. The first-order valence-corrected chi connectivity index (χ1v) is 12.2. The molecular formula is C30H30N2O5. The van der Waals surface area contributed by atoms with E-state index in [2.05, 4.69) is 10.3 Å². The molecule has 0 radical (unpaired) electrons. The monoisotopic (exact) mass is 498 g/mol. The van der Waals surface area contributed by atoms with Crippen LogP contribution >= 0.6 is 0 Å². The molecule has 0 unspecified atom stereocenters. The van der Waals surface area contributed by atoms with Gasteiger partial charge in [0, 0.05) is 30.5 Å². The molecule has 7 heteroatoms. The molecule has 1 amide bonds. The molecule has 190 valence electrons. The smallest absolute Gasteiger partial charge is 0.303 e. The van der Waals surface area contributed by atoms with Crippen molar-refractivity contribution in [3.05, 3.63) is 107 Å². The van der Waals surface area contributed by atoms with Gasteiger partial charge in [0.05, 0.1) is 12.3 Å². The van der Waals surface area contributed by atoms with Gasteiger partial charge in [-0.2, -0.15) is 0 Å². The molecule has 4 rings (SSSR count). The number of aliphatic carboxylic acids is 1. The van der Waals surface area contributed by atoms with Gasteiger partial charge in [0.15, 0.2) is 0 Å². The van der Waals surface area contributed by atoms with Crippen LogP contribution in [-0.4, -0.2) is 28.6 Å². The first kappa shape index (κ1) is 25.7. The summed E-state index contributed by atoms with van der Waals surface area (Å²) < 4.78 is 11.8. The highest BCUT2D eigenvalue weighted by atomic mass is 16.5. The van der Waals surface area contributed by atoms with Crippen LogP contribution in [0.2, 0.25) is 0 Å². The third-order valence-electron chi connectivity index (χ3n) is 6.16. The number of carbonyl (C=O) groups is 2. The quantitative estimate of drug-likeness (QED) is 0.282. The summed E-state index contributed by atoms with van der Waals surface area (Å²) in [4.78, 5) is 28.8. The van der Waals surface area contributed by atoms with Crippen molar-refractivity contribution in [2.24, 2.45) is 0 Å². The van der Waals surface area contributed by atoms with Crippen LogP contribution in [0.5, 0.6) is 5.75 Å². The zero-order chi connectivity index (χ0) is 26.2. The first-order chi connectivity index (χ1) is 17.9. The summed E-state index contributed by atoms with van der Waals surface area (Å²) >= 11 is 0. The zero-order valence-electron chi connectivity index (χ0n) is 21.0. The Bertz CT molecular complexity index is 1380. The molecule has 0 aliphatic heterocycles. The number of carbonyl (C=O) groups excluding carboxylic acids is 1. The molecule has 0 aliphatic carbocycles. The zero-order valence-corrected chi connectivity index (χ0v) is 21.0. The van der Waals surface area contributed by atoms with Crippen LogP contribution in [0.1, 0.15) is 44.9 Å². The number of carboxylic acid groups (broad SMARTS) is 1. The van der Waals surface area contributed by atoms with Crippen LogP contribution in [0.15, 0.2) is 77.2 Å². The molecule has 0 atom stereocenters. The van der Waals surface area contributed by atoms with E-state index in [1.54, 1.807) is 18.2 Å². The number of aromatic nitrogens is 1. The van der Waals surface area contributed by atoms with Crippen molar-refractivity contribution in [1.29, 1.82) is 0 Å². The Balaban J connectivity index is 1.44. The van der Waals surface area contributed by atoms with Gasteiger partial charge in [-0.25, -0.2) is 4.98 Å². The van der Waals surface area contributed by atoms with E-state index in [1.165, 1.54) is 0 Å². The minimum Gasteiger partial charge on any atom is -0.493 e. The number of hydrogen-bond acceptors (Lipinski definition) is 5. The number of nitrogens with zero attached hydrogens (tertiary/aromatic N) is 1. The van der Waals surface area contributed by atoms with Crippen LogP contribution < -0.4 is 10.1 Å². The largest absolute Gasteiger partial charge is 0.493 e. The topological polar surface area (TPSA) is 102 Å². The average molecular weight is 499 g/mol. The van der Waals surface area contributed by atoms with E-state index >= 15 is 0 Å². The highest BCUT2D eigenvalue weighted by Gasteiger charge is 2.15. The molecule has 3 aromatic carbocycles. The number of benzene rings is 3. The van der Waals surface area contributed by atoms with Gasteiger partial charge in [-0.1, -0.05) is 48.5 Å². The van der Waals surface area contributed by atoms with E-state index in [-0.39, 0.29) is 18.7 Å². The van der Waals surface area contributed by atoms with Crippen LogP contribution in [0, 0.1) is 13.8 Å². The lowest BCUT2D eigenvalue weighted by Crippen LogP contribution is -2.24. The fourth-order valence-corrected chi connectivity index (χ4v) is 4.03. The van der Waals surface area contributed by atoms with Crippen molar-refractivity contribution in [2.45, 2.75) is 39.7 Å². The van der Waals surface area contributed by atoms with Gasteiger partial charge in [0.2, 0.25) is 5.89 Å². The molecule has 37 heavy (non-hydrogen) atoms. The highest BCUT2D eigenvalue weighted by molar-refractivity contribution is 5.96. The van der Waals surface area contributed by atoms with Gasteiger partial charge < -0.3 is 19.6 Å². The summed E-state index contributed by atoms with van der Waals surface area (Å²) in [5, 5.41) is 12.1. The Morgan fingerprint density at radius 2 is 1.70 bits per heavy atom.